The Hall–Kier alpha value is -4.07. The monoisotopic (exact) mass is 466 g/mol. The molecule has 0 aliphatic rings. The predicted molar refractivity (Wildman–Crippen MR) is 121 cm³/mol. The molecule has 5 rings (SSSR count). The molecule has 0 amide bonds. The highest BCUT2D eigenvalue weighted by atomic mass is 32.2. The lowest BCUT2D eigenvalue weighted by Crippen LogP contribution is -2.26. The Balaban J connectivity index is 1.41. The van der Waals surface area contributed by atoms with E-state index in [9.17, 15) is 8.42 Å². The van der Waals surface area contributed by atoms with Crippen LogP contribution in [0.1, 0.15) is 0 Å². The van der Waals surface area contributed by atoms with Crippen molar-refractivity contribution in [1.82, 2.24) is 30.0 Å². The normalized spacial score (nSPS) is 11.8. The number of aliphatic hydroxyl groups is 1. The standard InChI is InChI=1S/C20H18N8O4S/c29-8-7-23-33(30,31)15-4-1-13(2-5-15)25-20-26-18(16-11-22-32-19(16)27-20)24-14-3-6-17-12(9-14)10-21-28-17/h1-6,9-11,23,29H,7-8H2,(H,21,28)(H2,24,25,26,27). The third kappa shape index (κ3) is 4.32. The summed E-state index contributed by atoms with van der Waals surface area (Å²) in [6.45, 7) is -0.344. The molecule has 5 aromatic rings. The number of aliphatic hydroxyl groups excluding tert-OH is 1. The molecule has 5 N–H and O–H groups in total. The van der Waals surface area contributed by atoms with Crippen molar-refractivity contribution in [3.63, 3.8) is 0 Å². The second-order valence-electron chi connectivity index (χ2n) is 7.01. The largest absolute Gasteiger partial charge is 0.395 e. The summed E-state index contributed by atoms with van der Waals surface area (Å²) in [7, 11) is -3.70. The number of aromatic amines is 1. The van der Waals surface area contributed by atoms with Gasteiger partial charge in [-0.05, 0) is 42.5 Å². The van der Waals surface area contributed by atoms with Crippen molar-refractivity contribution in [1.29, 1.82) is 0 Å². The van der Waals surface area contributed by atoms with Crippen molar-refractivity contribution < 1.29 is 18.0 Å². The van der Waals surface area contributed by atoms with Gasteiger partial charge in [0.1, 0.15) is 11.2 Å². The van der Waals surface area contributed by atoms with E-state index < -0.39 is 10.0 Å². The molecule has 0 fully saturated rings. The fourth-order valence-electron chi connectivity index (χ4n) is 3.18. The zero-order valence-electron chi connectivity index (χ0n) is 17.0. The van der Waals surface area contributed by atoms with Gasteiger partial charge in [0.05, 0.1) is 29.4 Å². The van der Waals surface area contributed by atoms with Crippen LogP contribution in [0.3, 0.4) is 0 Å². The van der Waals surface area contributed by atoms with Crippen LogP contribution in [0.5, 0.6) is 0 Å². The molecular weight excluding hydrogens is 448 g/mol. The van der Waals surface area contributed by atoms with Crippen LogP contribution in [0.15, 0.2) is 64.3 Å². The van der Waals surface area contributed by atoms with Crippen LogP contribution in [0.4, 0.5) is 23.1 Å². The number of anilines is 4. The van der Waals surface area contributed by atoms with Crippen LogP contribution in [-0.2, 0) is 10.0 Å². The highest BCUT2D eigenvalue weighted by Gasteiger charge is 2.15. The van der Waals surface area contributed by atoms with Crippen LogP contribution in [0.2, 0.25) is 0 Å². The number of fused-ring (bicyclic) bond motifs is 2. The van der Waals surface area contributed by atoms with E-state index in [1.54, 1.807) is 18.3 Å². The third-order valence-electron chi connectivity index (χ3n) is 4.76. The summed E-state index contributed by atoms with van der Waals surface area (Å²) in [5.74, 6) is 0.721. The summed E-state index contributed by atoms with van der Waals surface area (Å²) in [5, 5.41) is 27.4. The Labute approximate surface area is 187 Å². The van der Waals surface area contributed by atoms with Gasteiger partial charge in [0.25, 0.3) is 5.71 Å². The number of hydrogen-bond donors (Lipinski definition) is 5. The van der Waals surface area contributed by atoms with Crippen molar-refractivity contribution in [3.8, 4) is 0 Å². The van der Waals surface area contributed by atoms with E-state index in [1.807, 2.05) is 18.2 Å². The minimum absolute atomic E-state index is 0.0588. The highest BCUT2D eigenvalue weighted by molar-refractivity contribution is 7.89. The van der Waals surface area contributed by atoms with Gasteiger partial charge in [0.15, 0.2) is 0 Å². The summed E-state index contributed by atoms with van der Waals surface area (Å²) in [5.41, 5.74) is 2.56. The number of H-pyrrole nitrogens is 1. The Morgan fingerprint density at radius 1 is 1.00 bits per heavy atom. The number of benzene rings is 2. The topological polar surface area (TPSA) is 171 Å². The number of rotatable bonds is 8. The molecule has 0 aliphatic heterocycles. The smallest absolute Gasteiger partial charge is 0.264 e. The Morgan fingerprint density at radius 3 is 2.64 bits per heavy atom. The van der Waals surface area contributed by atoms with Gasteiger partial charge in [0.2, 0.25) is 16.0 Å². The summed E-state index contributed by atoms with van der Waals surface area (Å²) in [6.07, 6.45) is 3.25. The Kier molecular flexibility index (Phi) is 5.34. The fraction of sp³-hybridized carbons (Fsp3) is 0.100. The average Bonchev–Trinajstić information content (AvgIpc) is 3.47. The van der Waals surface area contributed by atoms with E-state index in [2.05, 4.69) is 40.7 Å². The summed E-state index contributed by atoms with van der Waals surface area (Å²) >= 11 is 0. The molecule has 0 saturated heterocycles. The quantitative estimate of drug-likeness (QED) is 0.228. The molecule has 0 aliphatic carbocycles. The number of nitrogens with zero attached hydrogens (tertiary/aromatic N) is 4. The molecule has 13 heteroatoms. The SMILES string of the molecule is O=S(=O)(NCCO)c1ccc(Nc2nc(Nc3ccc4[nH]ncc4c3)c3cnoc3n2)cc1. The van der Waals surface area contributed by atoms with Crippen molar-refractivity contribution in [2.75, 3.05) is 23.8 Å². The molecule has 33 heavy (non-hydrogen) atoms. The predicted octanol–water partition coefficient (Wildman–Crippen LogP) is 2.25. The molecule has 0 atom stereocenters. The minimum atomic E-state index is -3.70. The second-order valence-corrected chi connectivity index (χ2v) is 8.78. The maximum Gasteiger partial charge on any atom is 0.264 e. The molecule has 0 unspecified atom stereocenters. The van der Waals surface area contributed by atoms with Crippen molar-refractivity contribution in [2.45, 2.75) is 4.90 Å². The summed E-state index contributed by atoms with van der Waals surface area (Å²) < 4.78 is 31.8. The average molecular weight is 466 g/mol. The lowest BCUT2D eigenvalue weighted by molar-refractivity contribution is 0.301. The van der Waals surface area contributed by atoms with E-state index in [0.717, 1.165) is 16.6 Å². The van der Waals surface area contributed by atoms with Gasteiger partial charge in [-0.3, -0.25) is 5.10 Å². The zero-order chi connectivity index (χ0) is 22.8. The van der Waals surface area contributed by atoms with Gasteiger partial charge in [-0.15, -0.1) is 0 Å². The van der Waals surface area contributed by atoms with E-state index in [-0.39, 0.29) is 29.7 Å². The van der Waals surface area contributed by atoms with E-state index in [0.29, 0.717) is 16.9 Å². The highest BCUT2D eigenvalue weighted by Crippen LogP contribution is 2.27. The maximum absolute atomic E-state index is 12.2. The first-order valence-corrected chi connectivity index (χ1v) is 11.3. The molecule has 0 radical (unpaired) electrons. The zero-order valence-corrected chi connectivity index (χ0v) is 17.8. The molecule has 0 saturated carbocycles. The fourth-order valence-corrected chi connectivity index (χ4v) is 4.20. The Bertz CT molecular complexity index is 1530. The number of aromatic nitrogens is 5. The van der Waals surface area contributed by atoms with Gasteiger partial charge < -0.3 is 20.3 Å². The second kappa shape index (κ2) is 8.46. The molecule has 0 spiro atoms. The minimum Gasteiger partial charge on any atom is -0.395 e. The van der Waals surface area contributed by atoms with Gasteiger partial charge in [-0.2, -0.15) is 15.1 Å². The van der Waals surface area contributed by atoms with Gasteiger partial charge in [0, 0.05) is 23.3 Å². The van der Waals surface area contributed by atoms with Crippen LogP contribution < -0.4 is 15.4 Å². The van der Waals surface area contributed by atoms with Crippen LogP contribution in [-0.4, -0.2) is 52.0 Å². The lowest BCUT2D eigenvalue weighted by atomic mass is 10.2. The molecule has 2 aromatic carbocycles. The van der Waals surface area contributed by atoms with Crippen molar-refractivity contribution in [2.24, 2.45) is 0 Å². The molecule has 0 bridgehead atoms. The van der Waals surface area contributed by atoms with Gasteiger partial charge >= 0.3 is 0 Å². The Morgan fingerprint density at radius 2 is 1.82 bits per heavy atom. The number of hydrogen-bond acceptors (Lipinski definition) is 10. The van der Waals surface area contributed by atoms with Crippen LogP contribution in [0.25, 0.3) is 22.0 Å². The first kappa shape index (κ1) is 20.8. The molecule has 3 heterocycles. The van der Waals surface area contributed by atoms with Crippen LogP contribution in [0, 0.1) is 0 Å². The van der Waals surface area contributed by atoms with Crippen molar-refractivity contribution >= 4 is 55.2 Å². The number of sulfonamides is 1. The first-order chi connectivity index (χ1) is 16.0. The van der Waals surface area contributed by atoms with Gasteiger partial charge in [-0.25, -0.2) is 13.1 Å². The summed E-state index contributed by atoms with van der Waals surface area (Å²) in [4.78, 5) is 8.92. The van der Waals surface area contributed by atoms with Crippen LogP contribution >= 0.6 is 0 Å². The van der Waals surface area contributed by atoms with Gasteiger partial charge in [-0.1, -0.05) is 5.16 Å². The molecule has 3 aromatic heterocycles. The lowest BCUT2D eigenvalue weighted by Gasteiger charge is -2.10. The van der Waals surface area contributed by atoms with Crippen molar-refractivity contribution in [3.05, 3.63) is 54.9 Å². The van der Waals surface area contributed by atoms with E-state index in [1.165, 1.54) is 18.3 Å². The van der Waals surface area contributed by atoms with E-state index in [4.69, 9.17) is 9.63 Å². The molecule has 168 valence electrons. The third-order valence-corrected chi connectivity index (χ3v) is 6.24. The molecule has 12 nitrogen and oxygen atoms in total. The molecular formula is C20H18N8O4S. The van der Waals surface area contributed by atoms with E-state index >= 15 is 0 Å². The number of nitrogens with one attached hydrogen (secondary N) is 4. The summed E-state index contributed by atoms with van der Waals surface area (Å²) in [6, 6.07) is 11.8. The first-order valence-electron chi connectivity index (χ1n) is 9.82. The maximum atomic E-state index is 12.2.